The normalized spacial score (nSPS) is 17.4. The van der Waals surface area contributed by atoms with Crippen LogP contribution in [0.4, 0.5) is 19.0 Å². The molecule has 2 heterocycles. The number of likely N-dealkylation sites (N-methyl/N-ethyl adjacent to an activating group) is 1. The van der Waals surface area contributed by atoms with Gasteiger partial charge in [-0.3, -0.25) is 0 Å². The summed E-state index contributed by atoms with van der Waals surface area (Å²) in [5.41, 5.74) is 0.146. The van der Waals surface area contributed by atoms with Crippen LogP contribution < -0.4 is 10.1 Å². The lowest BCUT2D eigenvalue weighted by atomic mass is 10.0. The highest BCUT2D eigenvalue weighted by Gasteiger charge is 2.32. The molecule has 158 valence electrons. The Bertz CT molecular complexity index is 1050. The topological polar surface area (TPSA) is 50.3 Å². The maximum absolute atomic E-state index is 13.2. The first-order valence-corrected chi connectivity index (χ1v) is 9.81. The molecule has 0 aliphatic carbocycles. The summed E-state index contributed by atoms with van der Waals surface area (Å²) in [7, 11) is 2.07. The Labute approximate surface area is 172 Å². The Morgan fingerprint density at radius 3 is 2.80 bits per heavy atom. The highest BCUT2D eigenvalue weighted by atomic mass is 19.4. The molecule has 0 saturated carbocycles. The molecule has 4 rings (SSSR count). The van der Waals surface area contributed by atoms with Crippen molar-refractivity contribution < 1.29 is 17.9 Å². The Balaban J connectivity index is 1.56. The summed E-state index contributed by atoms with van der Waals surface area (Å²) < 4.78 is 45.6. The maximum Gasteiger partial charge on any atom is 0.416 e. The number of hydrogen-bond donors (Lipinski definition) is 1. The molecule has 1 N–H and O–H groups in total. The van der Waals surface area contributed by atoms with Crippen molar-refractivity contribution in [3.63, 3.8) is 0 Å². The van der Waals surface area contributed by atoms with E-state index in [4.69, 9.17) is 4.74 Å². The average Bonchev–Trinajstić information content (AvgIpc) is 3.11. The van der Waals surface area contributed by atoms with Gasteiger partial charge in [0.05, 0.1) is 11.8 Å². The van der Waals surface area contributed by atoms with Crippen LogP contribution in [-0.2, 0) is 12.7 Å². The van der Waals surface area contributed by atoms with E-state index in [1.54, 1.807) is 12.3 Å². The van der Waals surface area contributed by atoms with E-state index in [0.29, 0.717) is 11.4 Å². The van der Waals surface area contributed by atoms with E-state index in [1.165, 1.54) is 13.0 Å². The first-order valence-electron chi connectivity index (χ1n) is 9.81. The fourth-order valence-electron chi connectivity index (χ4n) is 3.80. The zero-order valence-electron chi connectivity index (χ0n) is 16.8. The summed E-state index contributed by atoms with van der Waals surface area (Å²) in [6, 6.07) is 9.93. The fraction of sp³-hybridized carbons (Fsp3) is 0.364. The van der Waals surface area contributed by atoms with Crippen molar-refractivity contribution in [3.8, 4) is 5.75 Å². The van der Waals surface area contributed by atoms with Crippen molar-refractivity contribution in [2.75, 3.05) is 25.5 Å². The van der Waals surface area contributed by atoms with Crippen LogP contribution in [0.15, 0.2) is 42.6 Å². The molecule has 1 aliphatic rings. The summed E-state index contributed by atoms with van der Waals surface area (Å²) in [4.78, 5) is 2.22. The quantitative estimate of drug-likeness (QED) is 0.656. The lowest BCUT2D eigenvalue weighted by molar-refractivity contribution is -0.138. The molecular formula is C22H23F3N4O. The van der Waals surface area contributed by atoms with E-state index in [2.05, 4.69) is 27.5 Å². The van der Waals surface area contributed by atoms with Crippen LogP contribution >= 0.6 is 0 Å². The molecule has 1 aliphatic heterocycles. The van der Waals surface area contributed by atoms with Crippen molar-refractivity contribution in [2.24, 2.45) is 0 Å². The van der Waals surface area contributed by atoms with Crippen LogP contribution in [0.2, 0.25) is 0 Å². The molecule has 0 bridgehead atoms. The molecule has 1 aromatic heterocycles. The Morgan fingerprint density at radius 1 is 1.23 bits per heavy atom. The first kappa shape index (κ1) is 20.4. The molecule has 5 nitrogen and oxygen atoms in total. The molecule has 1 atom stereocenters. The number of nitrogens with zero attached hydrogens (tertiary/aromatic N) is 3. The van der Waals surface area contributed by atoms with Crippen molar-refractivity contribution >= 4 is 16.6 Å². The van der Waals surface area contributed by atoms with Crippen molar-refractivity contribution in [1.82, 2.24) is 15.1 Å². The van der Waals surface area contributed by atoms with Gasteiger partial charge in [0, 0.05) is 30.4 Å². The third-order valence-electron chi connectivity index (χ3n) is 5.48. The van der Waals surface area contributed by atoms with Crippen LogP contribution in [0.3, 0.4) is 0 Å². The molecule has 30 heavy (non-hydrogen) atoms. The van der Waals surface area contributed by atoms with Crippen molar-refractivity contribution in [2.45, 2.75) is 32.2 Å². The molecule has 3 aromatic rings. The minimum Gasteiger partial charge on any atom is -0.489 e. The minimum absolute atomic E-state index is 0.145. The number of hydrogen-bond acceptors (Lipinski definition) is 5. The number of anilines is 1. The van der Waals surface area contributed by atoms with Gasteiger partial charge in [-0.05, 0) is 55.8 Å². The van der Waals surface area contributed by atoms with Crippen LogP contribution in [0.25, 0.3) is 10.8 Å². The van der Waals surface area contributed by atoms with Crippen LogP contribution in [-0.4, -0.2) is 41.3 Å². The van der Waals surface area contributed by atoms with Gasteiger partial charge in [0.15, 0.2) is 5.82 Å². The molecule has 0 amide bonds. The molecule has 1 saturated heterocycles. The summed E-state index contributed by atoms with van der Waals surface area (Å²) in [5.74, 6) is 1.26. The fourth-order valence-corrected chi connectivity index (χ4v) is 3.80. The van der Waals surface area contributed by atoms with E-state index in [1.807, 2.05) is 18.2 Å². The van der Waals surface area contributed by atoms with Gasteiger partial charge in [0.2, 0.25) is 0 Å². The Morgan fingerprint density at radius 2 is 2.07 bits per heavy atom. The lowest BCUT2D eigenvalue weighted by Crippen LogP contribution is -2.21. The van der Waals surface area contributed by atoms with Crippen LogP contribution in [0.1, 0.15) is 23.1 Å². The maximum atomic E-state index is 13.2. The largest absolute Gasteiger partial charge is 0.489 e. The summed E-state index contributed by atoms with van der Waals surface area (Å²) in [5, 5.41) is 13.0. The monoisotopic (exact) mass is 416 g/mol. The van der Waals surface area contributed by atoms with Crippen molar-refractivity contribution in [1.29, 1.82) is 0 Å². The second kappa shape index (κ2) is 8.10. The molecule has 1 unspecified atom stereocenters. The Kier molecular flexibility index (Phi) is 5.51. The highest BCUT2D eigenvalue weighted by molar-refractivity contribution is 5.92. The molecule has 8 heteroatoms. The number of benzene rings is 2. The second-order valence-corrected chi connectivity index (χ2v) is 7.67. The van der Waals surface area contributed by atoms with E-state index >= 15 is 0 Å². The number of alkyl halides is 3. The number of nitrogens with one attached hydrogen (secondary N) is 1. The van der Waals surface area contributed by atoms with Gasteiger partial charge in [-0.15, -0.1) is 5.10 Å². The SMILES string of the molecule is Cc1c(CNc2nncc3ccc(OC4CCN(C)C4)cc23)cccc1C(F)(F)F. The van der Waals surface area contributed by atoms with E-state index in [-0.39, 0.29) is 18.2 Å². The number of ether oxygens (including phenoxy) is 1. The van der Waals surface area contributed by atoms with Gasteiger partial charge < -0.3 is 15.0 Å². The predicted octanol–water partition coefficient (Wildman–Crippen LogP) is 4.65. The van der Waals surface area contributed by atoms with Gasteiger partial charge in [-0.25, -0.2) is 0 Å². The standard InChI is InChI=1S/C22H23F3N4O/c1-14-15(4-3-5-20(14)22(23,24)25)11-26-21-19-10-17(7-6-16(19)12-27-28-21)30-18-8-9-29(2)13-18/h3-7,10,12,18H,8-9,11,13H2,1-2H3,(H,26,28). The third-order valence-corrected chi connectivity index (χ3v) is 5.48. The molecule has 1 fully saturated rings. The van der Waals surface area contributed by atoms with Gasteiger partial charge in [0.1, 0.15) is 11.9 Å². The lowest BCUT2D eigenvalue weighted by Gasteiger charge is -2.16. The number of likely N-dealkylation sites (tertiary alicyclic amines) is 1. The second-order valence-electron chi connectivity index (χ2n) is 7.67. The minimum atomic E-state index is -4.38. The number of halogens is 3. The highest BCUT2D eigenvalue weighted by Crippen LogP contribution is 2.33. The molecule has 0 spiro atoms. The average molecular weight is 416 g/mol. The van der Waals surface area contributed by atoms with Gasteiger partial charge in [0.25, 0.3) is 0 Å². The first-order chi connectivity index (χ1) is 14.3. The Hall–Kier alpha value is -2.87. The number of fused-ring (bicyclic) bond motifs is 1. The summed E-state index contributed by atoms with van der Waals surface area (Å²) in [6.45, 7) is 3.58. The van der Waals surface area contributed by atoms with E-state index < -0.39 is 11.7 Å². The molecule has 0 radical (unpaired) electrons. The zero-order chi connectivity index (χ0) is 21.3. The van der Waals surface area contributed by atoms with E-state index in [0.717, 1.165) is 42.1 Å². The smallest absolute Gasteiger partial charge is 0.416 e. The van der Waals surface area contributed by atoms with Crippen LogP contribution in [0, 0.1) is 6.92 Å². The summed E-state index contributed by atoms with van der Waals surface area (Å²) >= 11 is 0. The summed E-state index contributed by atoms with van der Waals surface area (Å²) in [6.07, 6.45) is -1.60. The zero-order valence-corrected chi connectivity index (χ0v) is 16.8. The van der Waals surface area contributed by atoms with Crippen molar-refractivity contribution in [3.05, 3.63) is 59.3 Å². The number of rotatable bonds is 5. The van der Waals surface area contributed by atoms with Gasteiger partial charge in [-0.2, -0.15) is 18.3 Å². The third kappa shape index (κ3) is 4.33. The van der Waals surface area contributed by atoms with Gasteiger partial charge >= 0.3 is 6.18 Å². The molecule has 2 aromatic carbocycles. The van der Waals surface area contributed by atoms with E-state index in [9.17, 15) is 13.2 Å². The molecular weight excluding hydrogens is 393 g/mol. The van der Waals surface area contributed by atoms with Gasteiger partial charge in [-0.1, -0.05) is 12.1 Å². The number of aromatic nitrogens is 2. The predicted molar refractivity (Wildman–Crippen MR) is 110 cm³/mol. The van der Waals surface area contributed by atoms with Crippen LogP contribution in [0.5, 0.6) is 5.75 Å².